The van der Waals surface area contributed by atoms with Crippen molar-refractivity contribution in [3.05, 3.63) is 40.5 Å². The van der Waals surface area contributed by atoms with Crippen LogP contribution in [0, 0.1) is 11.3 Å². The fourth-order valence-electron chi connectivity index (χ4n) is 4.30. The minimum Gasteiger partial charge on any atom is -0.460 e. The number of carbonyl (C=O) groups is 2. The zero-order valence-corrected chi connectivity index (χ0v) is 17.7. The Balaban J connectivity index is 1.53. The Labute approximate surface area is 180 Å². The summed E-state index contributed by atoms with van der Waals surface area (Å²) in [6.45, 7) is 3.34. The van der Waals surface area contributed by atoms with Crippen LogP contribution in [0.15, 0.2) is 12.4 Å². The molecule has 31 heavy (non-hydrogen) atoms. The first-order valence-electron chi connectivity index (χ1n) is 10.6. The van der Waals surface area contributed by atoms with E-state index in [-0.39, 0.29) is 18.5 Å². The van der Waals surface area contributed by atoms with Crippen molar-refractivity contribution in [3.8, 4) is 6.07 Å². The number of hydrogen-bond donors (Lipinski definition) is 1. The van der Waals surface area contributed by atoms with Crippen LogP contribution in [0.1, 0.15) is 54.8 Å². The minimum absolute atomic E-state index is 0.0316. The van der Waals surface area contributed by atoms with E-state index < -0.39 is 18.2 Å². The minimum atomic E-state index is -1.22. The van der Waals surface area contributed by atoms with Gasteiger partial charge in [-0.25, -0.2) is 19.3 Å². The molecule has 1 heterocycles. The number of carbonyl (C=O) groups excluding carboxylic acids is 2. The molecule has 9 heteroatoms. The lowest BCUT2D eigenvalue weighted by atomic mass is 9.99. The zero-order valence-electron chi connectivity index (χ0n) is 17.7. The Bertz CT molecular complexity index is 1020. The maximum atomic E-state index is 12.8. The number of benzene rings is 1. The smallest absolute Gasteiger partial charge is 0.412 e. The predicted octanol–water partition coefficient (Wildman–Crippen LogP) is 2.70. The summed E-state index contributed by atoms with van der Waals surface area (Å²) in [5, 5.41) is 15.8. The first-order chi connectivity index (χ1) is 14.9. The number of aryl methyl sites for hydroxylation is 2. The van der Waals surface area contributed by atoms with Gasteiger partial charge in [-0.05, 0) is 74.6 Å². The van der Waals surface area contributed by atoms with Crippen molar-refractivity contribution < 1.29 is 19.1 Å². The van der Waals surface area contributed by atoms with Gasteiger partial charge in [-0.15, -0.1) is 5.10 Å². The van der Waals surface area contributed by atoms with E-state index in [4.69, 9.17) is 14.7 Å². The molecule has 0 saturated heterocycles. The second-order valence-electron chi connectivity index (χ2n) is 8.14. The molecule has 9 nitrogen and oxygen atoms in total. The van der Waals surface area contributed by atoms with Crippen LogP contribution >= 0.6 is 0 Å². The number of fused-ring (bicyclic) bond motifs is 2. The highest BCUT2D eigenvalue weighted by atomic mass is 16.6. The van der Waals surface area contributed by atoms with E-state index in [0.29, 0.717) is 0 Å². The Morgan fingerprint density at radius 2 is 1.84 bits per heavy atom. The summed E-state index contributed by atoms with van der Waals surface area (Å²) in [5.41, 5.74) is 5.77. The number of nitrogens with zero attached hydrogens (tertiary/aromatic N) is 4. The van der Waals surface area contributed by atoms with Crippen molar-refractivity contribution in [1.82, 2.24) is 14.8 Å². The Morgan fingerprint density at radius 3 is 2.42 bits per heavy atom. The molecule has 0 spiro atoms. The average Bonchev–Trinajstić information content (AvgIpc) is 3.47. The molecule has 0 bridgehead atoms. The van der Waals surface area contributed by atoms with Gasteiger partial charge >= 0.3 is 12.1 Å². The molecule has 1 N–H and O–H groups in total. The van der Waals surface area contributed by atoms with Crippen LogP contribution in [0.25, 0.3) is 0 Å². The number of nitriles is 1. The van der Waals surface area contributed by atoms with Crippen molar-refractivity contribution in [2.75, 3.05) is 5.32 Å². The van der Waals surface area contributed by atoms with Gasteiger partial charge in [0.2, 0.25) is 6.10 Å². The molecule has 2 aliphatic rings. The highest BCUT2D eigenvalue weighted by Crippen LogP contribution is 2.38. The second kappa shape index (κ2) is 8.76. The predicted molar refractivity (Wildman–Crippen MR) is 110 cm³/mol. The molecule has 1 amide bonds. The van der Waals surface area contributed by atoms with Crippen LogP contribution in [0.3, 0.4) is 0 Å². The van der Waals surface area contributed by atoms with E-state index in [1.165, 1.54) is 33.3 Å². The van der Waals surface area contributed by atoms with Crippen LogP contribution in [0.4, 0.5) is 10.5 Å². The van der Waals surface area contributed by atoms with Crippen molar-refractivity contribution in [3.63, 3.8) is 0 Å². The lowest BCUT2D eigenvalue weighted by molar-refractivity contribution is -0.158. The highest BCUT2D eigenvalue weighted by Gasteiger charge is 2.29. The van der Waals surface area contributed by atoms with Gasteiger partial charge in [0.15, 0.2) is 0 Å². The number of aromatic nitrogens is 3. The summed E-state index contributed by atoms with van der Waals surface area (Å²) in [5.74, 6) is -0.710. The molecule has 1 aromatic carbocycles. The Hall–Kier alpha value is -3.41. The molecule has 2 aliphatic carbocycles. The standard InChI is InChI=1S/C22H25N5O4/c1-13(2)30-21(28)18(11-27-12-24-19(10-23)26-27)31-22(29)25-20-16-7-3-5-14(16)9-15-6-4-8-17(15)20/h9,12-13,18H,3-8,11H2,1-2H3,(H,25,29)/t18-/m1/s1. The number of amides is 1. The van der Waals surface area contributed by atoms with Gasteiger partial charge in [0.05, 0.1) is 18.3 Å². The Kier molecular flexibility index (Phi) is 5.89. The van der Waals surface area contributed by atoms with Gasteiger partial charge in [-0.2, -0.15) is 5.26 Å². The largest absolute Gasteiger partial charge is 0.460 e. The van der Waals surface area contributed by atoms with Crippen LogP contribution in [0.5, 0.6) is 0 Å². The summed E-state index contributed by atoms with van der Waals surface area (Å²) < 4.78 is 12.0. The Morgan fingerprint density at radius 1 is 1.16 bits per heavy atom. The topological polar surface area (TPSA) is 119 Å². The van der Waals surface area contributed by atoms with Gasteiger partial charge in [0.25, 0.3) is 5.82 Å². The lowest BCUT2D eigenvalue weighted by Crippen LogP contribution is -2.36. The number of rotatable bonds is 6. The normalized spacial score (nSPS) is 15.2. The average molecular weight is 423 g/mol. The number of esters is 1. The maximum absolute atomic E-state index is 12.8. The SMILES string of the molecule is CC(C)OC(=O)[C@@H](Cn1cnc(C#N)n1)OC(=O)Nc1c2c(cc3c1CCC3)CCC2. The molecule has 0 fully saturated rings. The molecule has 1 atom stereocenters. The number of nitrogens with one attached hydrogen (secondary N) is 1. The molecule has 0 radical (unpaired) electrons. The summed E-state index contributed by atoms with van der Waals surface area (Å²) >= 11 is 0. The fraction of sp³-hybridized carbons (Fsp3) is 0.500. The molecule has 162 valence electrons. The van der Waals surface area contributed by atoms with E-state index >= 15 is 0 Å². The van der Waals surface area contributed by atoms with E-state index in [9.17, 15) is 9.59 Å². The third-order valence-corrected chi connectivity index (χ3v) is 5.55. The van der Waals surface area contributed by atoms with Crippen molar-refractivity contribution >= 4 is 17.7 Å². The molecule has 2 aromatic rings. The summed E-state index contributed by atoms with van der Waals surface area (Å²) in [7, 11) is 0. The number of anilines is 1. The summed E-state index contributed by atoms with van der Waals surface area (Å²) in [6, 6.07) is 4.10. The third kappa shape index (κ3) is 4.53. The first kappa shape index (κ1) is 20.8. The summed E-state index contributed by atoms with van der Waals surface area (Å²) in [4.78, 5) is 29.2. The van der Waals surface area contributed by atoms with Crippen molar-refractivity contribution in [1.29, 1.82) is 5.26 Å². The van der Waals surface area contributed by atoms with E-state index in [1.54, 1.807) is 13.8 Å². The van der Waals surface area contributed by atoms with Crippen LogP contribution in [-0.2, 0) is 46.5 Å². The quantitative estimate of drug-likeness (QED) is 0.710. The zero-order chi connectivity index (χ0) is 22.0. The maximum Gasteiger partial charge on any atom is 0.412 e. The fourth-order valence-corrected chi connectivity index (χ4v) is 4.30. The number of ether oxygens (including phenoxy) is 2. The van der Waals surface area contributed by atoms with Gasteiger partial charge in [0.1, 0.15) is 12.4 Å². The van der Waals surface area contributed by atoms with Gasteiger partial charge in [-0.1, -0.05) is 6.07 Å². The van der Waals surface area contributed by atoms with Crippen LogP contribution in [-0.4, -0.2) is 39.0 Å². The molecular weight excluding hydrogens is 398 g/mol. The molecule has 0 saturated carbocycles. The number of hydrogen-bond acceptors (Lipinski definition) is 7. The van der Waals surface area contributed by atoms with Crippen LogP contribution in [0.2, 0.25) is 0 Å². The van der Waals surface area contributed by atoms with Gasteiger partial charge in [0, 0.05) is 0 Å². The lowest BCUT2D eigenvalue weighted by Gasteiger charge is -2.20. The van der Waals surface area contributed by atoms with Crippen molar-refractivity contribution in [2.45, 2.75) is 71.1 Å². The first-order valence-corrected chi connectivity index (χ1v) is 10.6. The molecular formula is C22H25N5O4. The second-order valence-corrected chi connectivity index (χ2v) is 8.14. The molecule has 0 unspecified atom stereocenters. The van der Waals surface area contributed by atoms with E-state index in [0.717, 1.165) is 44.2 Å². The molecule has 1 aromatic heterocycles. The van der Waals surface area contributed by atoms with Gasteiger partial charge < -0.3 is 9.47 Å². The molecule has 4 rings (SSSR count). The highest BCUT2D eigenvalue weighted by molar-refractivity contribution is 5.90. The van der Waals surface area contributed by atoms with Crippen molar-refractivity contribution in [2.24, 2.45) is 0 Å². The monoisotopic (exact) mass is 423 g/mol. The molecule has 0 aliphatic heterocycles. The van der Waals surface area contributed by atoms with E-state index in [1.807, 2.05) is 6.07 Å². The van der Waals surface area contributed by atoms with Gasteiger partial charge in [-0.3, -0.25) is 5.32 Å². The summed E-state index contributed by atoms with van der Waals surface area (Å²) in [6.07, 6.45) is 5.03. The van der Waals surface area contributed by atoms with Crippen LogP contribution < -0.4 is 5.32 Å². The van der Waals surface area contributed by atoms with E-state index in [2.05, 4.69) is 21.5 Å². The third-order valence-electron chi connectivity index (χ3n) is 5.55.